The molecule has 0 aliphatic carbocycles. The SMILES string of the molecule is Cc1cncc(C(=O)N2C[C@H](Oc3ccccn3)[C@H]3OCCC[C@H]32)c1. The lowest BCUT2D eigenvalue weighted by molar-refractivity contribution is -0.0455. The van der Waals surface area contributed by atoms with Crippen molar-refractivity contribution in [3.05, 3.63) is 54.0 Å². The number of pyridine rings is 2. The molecule has 0 aromatic carbocycles. The average molecular weight is 339 g/mol. The molecule has 0 spiro atoms. The average Bonchev–Trinajstić information content (AvgIpc) is 3.01. The molecule has 1 amide bonds. The normalized spacial score (nSPS) is 25.5. The fourth-order valence-electron chi connectivity index (χ4n) is 3.66. The zero-order valence-electron chi connectivity index (χ0n) is 14.2. The van der Waals surface area contributed by atoms with Crippen LogP contribution >= 0.6 is 0 Å². The first kappa shape index (κ1) is 16.0. The molecular weight excluding hydrogens is 318 g/mol. The van der Waals surface area contributed by atoms with Crippen molar-refractivity contribution in [1.82, 2.24) is 14.9 Å². The summed E-state index contributed by atoms with van der Waals surface area (Å²) in [5.41, 5.74) is 1.59. The number of aromatic nitrogens is 2. The summed E-state index contributed by atoms with van der Waals surface area (Å²) in [6, 6.07) is 7.48. The minimum atomic E-state index is -0.207. The van der Waals surface area contributed by atoms with E-state index in [1.807, 2.05) is 36.1 Å². The molecule has 0 unspecified atom stereocenters. The van der Waals surface area contributed by atoms with Crippen LogP contribution in [-0.4, -0.2) is 52.2 Å². The van der Waals surface area contributed by atoms with E-state index < -0.39 is 0 Å². The van der Waals surface area contributed by atoms with E-state index >= 15 is 0 Å². The standard InChI is InChI=1S/C19H21N3O3/c1-13-9-14(11-20-10-13)19(23)22-12-16(18-15(22)5-4-8-24-18)25-17-6-2-3-7-21-17/h2-3,6-7,9-11,15-16,18H,4-5,8,12H2,1H3/t15-,16+,18+/m1/s1. The highest BCUT2D eigenvalue weighted by Crippen LogP contribution is 2.32. The molecule has 130 valence electrons. The Morgan fingerprint density at radius 3 is 3.08 bits per heavy atom. The van der Waals surface area contributed by atoms with Crippen LogP contribution in [0, 0.1) is 6.92 Å². The zero-order chi connectivity index (χ0) is 17.2. The fourth-order valence-corrected chi connectivity index (χ4v) is 3.66. The first-order chi connectivity index (χ1) is 12.2. The molecule has 2 aliphatic rings. The van der Waals surface area contributed by atoms with Gasteiger partial charge < -0.3 is 14.4 Å². The van der Waals surface area contributed by atoms with Crippen LogP contribution in [0.3, 0.4) is 0 Å². The molecule has 2 aromatic heterocycles. The lowest BCUT2D eigenvalue weighted by Gasteiger charge is -2.32. The predicted octanol–water partition coefficient (Wildman–Crippen LogP) is 2.24. The summed E-state index contributed by atoms with van der Waals surface area (Å²) in [6.45, 7) is 3.14. The summed E-state index contributed by atoms with van der Waals surface area (Å²) in [4.78, 5) is 23.3. The molecule has 0 N–H and O–H groups in total. The van der Waals surface area contributed by atoms with Crippen molar-refractivity contribution in [2.75, 3.05) is 13.2 Å². The second-order valence-electron chi connectivity index (χ2n) is 6.58. The number of hydrogen-bond acceptors (Lipinski definition) is 5. The molecule has 0 bridgehead atoms. The van der Waals surface area contributed by atoms with Crippen molar-refractivity contribution < 1.29 is 14.3 Å². The third kappa shape index (κ3) is 3.22. The van der Waals surface area contributed by atoms with E-state index in [9.17, 15) is 4.79 Å². The van der Waals surface area contributed by atoms with Crippen LogP contribution in [0.5, 0.6) is 5.88 Å². The molecule has 6 nitrogen and oxygen atoms in total. The van der Waals surface area contributed by atoms with Crippen LogP contribution in [0.2, 0.25) is 0 Å². The van der Waals surface area contributed by atoms with Crippen molar-refractivity contribution in [3.63, 3.8) is 0 Å². The van der Waals surface area contributed by atoms with Gasteiger partial charge in [-0.3, -0.25) is 9.78 Å². The van der Waals surface area contributed by atoms with Crippen molar-refractivity contribution in [2.24, 2.45) is 0 Å². The molecule has 0 radical (unpaired) electrons. The summed E-state index contributed by atoms with van der Waals surface area (Å²) in [6.07, 6.45) is 6.64. The van der Waals surface area contributed by atoms with Gasteiger partial charge in [-0.25, -0.2) is 4.98 Å². The molecule has 4 heterocycles. The highest BCUT2D eigenvalue weighted by Gasteiger charge is 2.47. The fraction of sp³-hybridized carbons (Fsp3) is 0.421. The van der Waals surface area contributed by atoms with Crippen LogP contribution in [0.15, 0.2) is 42.9 Å². The molecular formula is C19H21N3O3. The highest BCUT2D eigenvalue weighted by atomic mass is 16.5. The maximum atomic E-state index is 13.0. The van der Waals surface area contributed by atoms with Crippen molar-refractivity contribution in [2.45, 2.75) is 38.0 Å². The van der Waals surface area contributed by atoms with Crippen molar-refractivity contribution in [3.8, 4) is 5.88 Å². The minimum absolute atomic E-state index is 0.0104. The molecule has 4 rings (SSSR count). The first-order valence-corrected chi connectivity index (χ1v) is 8.64. The van der Waals surface area contributed by atoms with E-state index in [-0.39, 0.29) is 24.2 Å². The Balaban J connectivity index is 1.57. The third-order valence-corrected chi connectivity index (χ3v) is 4.77. The quantitative estimate of drug-likeness (QED) is 0.858. The van der Waals surface area contributed by atoms with Gasteiger partial charge >= 0.3 is 0 Å². The van der Waals surface area contributed by atoms with E-state index in [1.165, 1.54) is 0 Å². The number of rotatable bonds is 3. The summed E-state index contributed by atoms with van der Waals surface area (Å²) >= 11 is 0. The number of fused-ring (bicyclic) bond motifs is 1. The predicted molar refractivity (Wildman–Crippen MR) is 91.4 cm³/mol. The second kappa shape index (κ2) is 6.80. The highest BCUT2D eigenvalue weighted by molar-refractivity contribution is 5.94. The number of carbonyl (C=O) groups excluding carboxylic acids is 1. The van der Waals surface area contributed by atoms with Crippen LogP contribution < -0.4 is 4.74 Å². The molecule has 6 heteroatoms. The summed E-state index contributed by atoms with van der Waals surface area (Å²) in [7, 11) is 0. The third-order valence-electron chi connectivity index (χ3n) is 4.77. The maximum Gasteiger partial charge on any atom is 0.255 e. The Kier molecular flexibility index (Phi) is 4.36. The van der Waals surface area contributed by atoms with E-state index in [2.05, 4.69) is 9.97 Å². The summed E-state index contributed by atoms with van der Waals surface area (Å²) in [5, 5.41) is 0. The van der Waals surface area contributed by atoms with E-state index in [1.54, 1.807) is 18.6 Å². The number of hydrogen-bond donors (Lipinski definition) is 0. The maximum absolute atomic E-state index is 13.0. The lowest BCUT2D eigenvalue weighted by Crippen LogP contribution is -2.44. The Hall–Kier alpha value is -2.47. The van der Waals surface area contributed by atoms with Gasteiger partial charge in [0.15, 0.2) is 0 Å². The number of carbonyl (C=O) groups is 1. The van der Waals surface area contributed by atoms with Crippen molar-refractivity contribution in [1.29, 1.82) is 0 Å². The van der Waals surface area contributed by atoms with Gasteiger partial charge in [0.1, 0.15) is 12.2 Å². The first-order valence-electron chi connectivity index (χ1n) is 8.64. The van der Waals surface area contributed by atoms with E-state index in [0.29, 0.717) is 24.6 Å². The van der Waals surface area contributed by atoms with Crippen LogP contribution in [0.4, 0.5) is 0 Å². The number of amides is 1. The Labute approximate surface area is 146 Å². The van der Waals surface area contributed by atoms with Crippen LogP contribution in [0.25, 0.3) is 0 Å². The lowest BCUT2D eigenvalue weighted by atomic mass is 10.0. The van der Waals surface area contributed by atoms with Crippen LogP contribution in [0.1, 0.15) is 28.8 Å². The number of aryl methyl sites for hydroxylation is 1. The molecule has 3 atom stereocenters. The van der Waals surface area contributed by atoms with Gasteiger partial charge in [-0.05, 0) is 37.5 Å². The smallest absolute Gasteiger partial charge is 0.255 e. The molecule has 2 aromatic rings. The topological polar surface area (TPSA) is 64.6 Å². The number of ether oxygens (including phenoxy) is 2. The largest absolute Gasteiger partial charge is 0.470 e. The summed E-state index contributed by atoms with van der Waals surface area (Å²) in [5.74, 6) is 0.552. The van der Waals surface area contributed by atoms with Gasteiger partial charge in [0.05, 0.1) is 18.2 Å². The molecule has 2 aliphatic heterocycles. The second-order valence-corrected chi connectivity index (χ2v) is 6.58. The Morgan fingerprint density at radius 1 is 1.36 bits per heavy atom. The minimum Gasteiger partial charge on any atom is -0.470 e. The molecule has 0 saturated carbocycles. The molecule has 2 fully saturated rings. The molecule has 25 heavy (non-hydrogen) atoms. The van der Waals surface area contributed by atoms with Gasteiger partial charge in [0.25, 0.3) is 5.91 Å². The van der Waals surface area contributed by atoms with Crippen molar-refractivity contribution >= 4 is 5.91 Å². The zero-order valence-corrected chi connectivity index (χ0v) is 14.2. The van der Waals surface area contributed by atoms with E-state index in [4.69, 9.17) is 9.47 Å². The van der Waals surface area contributed by atoms with Gasteiger partial charge in [0.2, 0.25) is 5.88 Å². The van der Waals surface area contributed by atoms with Gasteiger partial charge in [-0.15, -0.1) is 0 Å². The van der Waals surface area contributed by atoms with E-state index in [0.717, 1.165) is 18.4 Å². The number of likely N-dealkylation sites (tertiary alicyclic amines) is 1. The molecule has 2 saturated heterocycles. The monoisotopic (exact) mass is 339 g/mol. The number of nitrogens with zero attached hydrogens (tertiary/aromatic N) is 3. The Morgan fingerprint density at radius 2 is 2.28 bits per heavy atom. The van der Waals surface area contributed by atoms with Gasteiger partial charge in [-0.2, -0.15) is 0 Å². The van der Waals surface area contributed by atoms with Gasteiger partial charge in [0, 0.05) is 31.3 Å². The Bertz CT molecular complexity index is 753. The van der Waals surface area contributed by atoms with Gasteiger partial charge in [-0.1, -0.05) is 6.07 Å². The van der Waals surface area contributed by atoms with Crippen LogP contribution in [-0.2, 0) is 4.74 Å². The summed E-state index contributed by atoms with van der Waals surface area (Å²) < 4.78 is 12.0.